The number of hydrogen-bond donors (Lipinski definition) is 1. The molecule has 0 unspecified atom stereocenters. The van der Waals surface area contributed by atoms with E-state index >= 15 is 0 Å². The molecule has 2 heterocycles. The van der Waals surface area contributed by atoms with Gasteiger partial charge in [-0.1, -0.05) is 11.6 Å². The van der Waals surface area contributed by atoms with E-state index in [1.807, 2.05) is 6.92 Å². The molecule has 2 rings (SSSR count). The first kappa shape index (κ1) is 11.8. The minimum Gasteiger partial charge on any atom is -0.437 e. The molecule has 2 aromatic heterocycles. The van der Waals surface area contributed by atoms with Gasteiger partial charge in [-0.25, -0.2) is 4.98 Å². The minimum absolute atomic E-state index is 0.149. The highest BCUT2D eigenvalue weighted by molar-refractivity contribution is 6.31. The summed E-state index contributed by atoms with van der Waals surface area (Å²) in [4.78, 5) is 8.14. The zero-order valence-corrected chi connectivity index (χ0v) is 9.98. The largest absolute Gasteiger partial charge is 0.437 e. The second-order valence-corrected chi connectivity index (χ2v) is 3.87. The van der Waals surface area contributed by atoms with Gasteiger partial charge in [0.15, 0.2) is 5.75 Å². The van der Waals surface area contributed by atoms with E-state index < -0.39 is 0 Å². The maximum atomic E-state index is 9.08. The van der Waals surface area contributed by atoms with Gasteiger partial charge >= 0.3 is 0 Å². The molecular weight excluding hydrogens is 240 g/mol. The van der Waals surface area contributed by atoms with E-state index in [9.17, 15) is 0 Å². The van der Waals surface area contributed by atoms with Crippen molar-refractivity contribution in [1.82, 2.24) is 9.97 Å². The number of aliphatic hydroxyl groups is 1. The van der Waals surface area contributed by atoms with E-state index in [1.165, 1.54) is 6.20 Å². The summed E-state index contributed by atoms with van der Waals surface area (Å²) < 4.78 is 5.56. The standard InChI is InChI=1S/C12H11ClN2O2/c1-8-11(3-2-4-14-8)17-12-5-9(7-16)10(13)6-15-12/h2-6,16H,7H2,1H3. The summed E-state index contributed by atoms with van der Waals surface area (Å²) in [7, 11) is 0. The quantitative estimate of drug-likeness (QED) is 0.910. The van der Waals surface area contributed by atoms with Gasteiger partial charge in [0.05, 0.1) is 17.3 Å². The van der Waals surface area contributed by atoms with Crippen molar-refractivity contribution < 1.29 is 9.84 Å². The SMILES string of the molecule is Cc1ncccc1Oc1cc(CO)c(Cl)cn1. The van der Waals surface area contributed by atoms with Crippen LogP contribution in [0.3, 0.4) is 0 Å². The molecule has 2 aromatic rings. The fourth-order valence-corrected chi connectivity index (χ4v) is 1.49. The van der Waals surface area contributed by atoms with Crippen molar-refractivity contribution in [3.05, 3.63) is 46.9 Å². The summed E-state index contributed by atoms with van der Waals surface area (Å²) in [5.41, 5.74) is 1.35. The Hall–Kier alpha value is -1.65. The Kier molecular flexibility index (Phi) is 3.56. The summed E-state index contributed by atoms with van der Waals surface area (Å²) in [6.45, 7) is 1.70. The van der Waals surface area contributed by atoms with Crippen molar-refractivity contribution >= 4 is 11.6 Å². The molecule has 0 fully saturated rings. The Bertz CT molecular complexity index is 532. The van der Waals surface area contributed by atoms with E-state index in [1.54, 1.807) is 24.4 Å². The monoisotopic (exact) mass is 250 g/mol. The van der Waals surface area contributed by atoms with Crippen LogP contribution in [0.25, 0.3) is 0 Å². The van der Waals surface area contributed by atoms with Crippen molar-refractivity contribution in [3.8, 4) is 11.6 Å². The summed E-state index contributed by atoms with van der Waals surface area (Å²) in [6.07, 6.45) is 3.14. The minimum atomic E-state index is -0.149. The van der Waals surface area contributed by atoms with Crippen LogP contribution in [0.4, 0.5) is 0 Å². The highest BCUT2D eigenvalue weighted by Gasteiger charge is 2.06. The Morgan fingerprint density at radius 3 is 2.94 bits per heavy atom. The maximum Gasteiger partial charge on any atom is 0.219 e. The smallest absolute Gasteiger partial charge is 0.219 e. The third-order valence-electron chi connectivity index (χ3n) is 2.25. The van der Waals surface area contributed by atoms with Crippen LogP contribution in [0.2, 0.25) is 5.02 Å². The fourth-order valence-electron chi connectivity index (χ4n) is 1.33. The Morgan fingerprint density at radius 1 is 1.41 bits per heavy atom. The topological polar surface area (TPSA) is 55.2 Å². The highest BCUT2D eigenvalue weighted by Crippen LogP contribution is 2.25. The lowest BCUT2D eigenvalue weighted by atomic mass is 10.3. The number of ether oxygens (including phenoxy) is 1. The molecule has 0 saturated carbocycles. The van der Waals surface area contributed by atoms with Gasteiger partial charge in [0, 0.05) is 24.0 Å². The lowest BCUT2D eigenvalue weighted by Gasteiger charge is -2.08. The van der Waals surface area contributed by atoms with Crippen LogP contribution in [-0.4, -0.2) is 15.1 Å². The van der Waals surface area contributed by atoms with Crippen molar-refractivity contribution in [2.45, 2.75) is 13.5 Å². The molecule has 0 saturated heterocycles. The molecule has 88 valence electrons. The lowest BCUT2D eigenvalue weighted by Crippen LogP contribution is -1.94. The van der Waals surface area contributed by atoms with E-state index in [2.05, 4.69) is 9.97 Å². The third-order valence-corrected chi connectivity index (χ3v) is 2.59. The van der Waals surface area contributed by atoms with Crippen LogP contribution in [0.15, 0.2) is 30.6 Å². The van der Waals surface area contributed by atoms with Gasteiger partial charge in [0.1, 0.15) is 0 Å². The average molecular weight is 251 g/mol. The molecule has 0 atom stereocenters. The zero-order valence-electron chi connectivity index (χ0n) is 9.22. The number of pyridine rings is 2. The van der Waals surface area contributed by atoms with Crippen LogP contribution in [0.5, 0.6) is 11.6 Å². The van der Waals surface area contributed by atoms with Crippen LogP contribution >= 0.6 is 11.6 Å². The molecule has 0 bridgehead atoms. The second kappa shape index (κ2) is 5.12. The molecule has 0 aliphatic carbocycles. The summed E-state index contributed by atoms with van der Waals surface area (Å²) in [6, 6.07) is 5.19. The molecule has 0 aliphatic rings. The number of rotatable bonds is 3. The second-order valence-electron chi connectivity index (χ2n) is 3.46. The number of nitrogens with zero attached hydrogens (tertiary/aromatic N) is 2. The van der Waals surface area contributed by atoms with Gasteiger partial charge in [-0.05, 0) is 19.1 Å². The van der Waals surface area contributed by atoms with Gasteiger partial charge < -0.3 is 9.84 Å². The molecule has 4 nitrogen and oxygen atoms in total. The molecule has 0 aromatic carbocycles. The van der Waals surface area contributed by atoms with E-state index in [0.29, 0.717) is 22.2 Å². The average Bonchev–Trinajstić information content (AvgIpc) is 2.34. The van der Waals surface area contributed by atoms with Crippen LogP contribution in [-0.2, 0) is 6.61 Å². The summed E-state index contributed by atoms with van der Waals surface area (Å²) in [5, 5.41) is 9.50. The van der Waals surface area contributed by atoms with Gasteiger partial charge in [-0.2, -0.15) is 0 Å². The lowest BCUT2D eigenvalue weighted by molar-refractivity contribution is 0.281. The highest BCUT2D eigenvalue weighted by atomic mass is 35.5. The summed E-state index contributed by atoms with van der Waals surface area (Å²) in [5.74, 6) is 1.01. The Labute approximate surface area is 104 Å². The van der Waals surface area contributed by atoms with Crippen molar-refractivity contribution in [3.63, 3.8) is 0 Å². The Balaban J connectivity index is 2.28. The van der Waals surface area contributed by atoms with Gasteiger partial charge in [-0.3, -0.25) is 4.98 Å². The first-order valence-electron chi connectivity index (χ1n) is 5.05. The molecule has 0 amide bonds. The van der Waals surface area contributed by atoms with Gasteiger partial charge in [-0.15, -0.1) is 0 Å². The number of hydrogen-bond acceptors (Lipinski definition) is 4. The molecule has 5 heteroatoms. The third kappa shape index (κ3) is 2.72. The number of halogens is 1. The number of aromatic nitrogens is 2. The number of aryl methyl sites for hydroxylation is 1. The number of aliphatic hydroxyl groups excluding tert-OH is 1. The predicted molar refractivity (Wildman–Crippen MR) is 64.2 cm³/mol. The molecular formula is C12H11ClN2O2. The molecule has 0 radical (unpaired) electrons. The molecule has 0 aliphatic heterocycles. The zero-order chi connectivity index (χ0) is 12.3. The van der Waals surface area contributed by atoms with E-state index in [0.717, 1.165) is 5.69 Å². The molecule has 17 heavy (non-hydrogen) atoms. The first-order valence-corrected chi connectivity index (χ1v) is 5.43. The normalized spacial score (nSPS) is 10.3. The van der Waals surface area contributed by atoms with Gasteiger partial charge in [0.25, 0.3) is 0 Å². The first-order chi connectivity index (χ1) is 8.20. The van der Waals surface area contributed by atoms with Crippen molar-refractivity contribution in [1.29, 1.82) is 0 Å². The van der Waals surface area contributed by atoms with Crippen molar-refractivity contribution in [2.24, 2.45) is 0 Å². The maximum absolute atomic E-state index is 9.08. The van der Waals surface area contributed by atoms with Gasteiger partial charge in [0.2, 0.25) is 5.88 Å². The Morgan fingerprint density at radius 2 is 2.24 bits per heavy atom. The summed E-state index contributed by atoms with van der Waals surface area (Å²) >= 11 is 5.84. The van der Waals surface area contributed by atoms with E-state index in [-0.39, 0.29) is 6.61 Å². The van der Waals surface area contributed by atoms with Crippen molar-refractivity contribution in [2.75, 3.05) is 0 Å². The van der Waals surface area contributed by atoms with Crippen LogP contribution < -0.4 is 4.74 Å². The predicted octanol–water partition coefficient (Wildman–Crippen LogP) is 2.72. The molecule has 1 N–H and O–H groups in total. The van der Waals surface area contributed by atoms with Crippen LogP contribution in [0, 0.1) is 6.92 Å². The van der Waals surface area contributed by atoms with Crippen LogP contribution in [0.1, 0.15) is 11.3 Å². The molecule has 0 spiro atoms. The van der Waals surface area contributed by atoms with E-state index in [4.69, 9.17) is 21.4 Å². The fraction of sp³-hybridized carbons (Fsp3) is 0.167.